The third kappa shape index (κ3) is 3.17. The van der Waals surface area contributed by atoms with Gasteiger partial charge in [0.05, 0.1) is 16.1 Å². The average Bonchev–Trinajstić information content (AvgIpc) is 2.82. The zero-order valence-electron chi connectivity index (χ0n) is 14.5. The lowest BCUT2D eigenvalue weighted by Gasteiger charge is -2.16. The molecule has 1 aliphatic carbocycles. The fourth-order valence-electron chi connectivity index (χ4n) is 3.78. The highest BCUT2D eigenvalue weighted by Crippen LogP contribution is 2.36. The summed E-state index contributed by atoms with van der Waals surface area (Å²) < 4.78 is 0. The van der Waals surface area contributed by atoms with E-state index in [4.69, 9.17) is 11.6 Å². The molecule has 2 amide bonds. The van der Waals surface area contributed by atoms with Crippen molar-refractivity contribution in [3.63, 3.8) is 0 Å². The molecule has 0 saturated carbocycles. The number of thioether (sulfide) groups is 1. The Kier molecular flexibility index (Phi) is 5.05. The van der Waals surface area contributed by atoms with Crippen LogP contribution in [0.5, 0.6) is 0 Å². The molecule has 1 aliphatic heterocycles. The molecule has 0 atom stereocenters. The normalized spacial score (nSPS) is 16.4. The van der Waals surface area contributed by atoms with Crippen LogP contribution in [-0.2, 0) is 12.8 Å². The van der Waals surface area contributed by atoms with E-state index in [0.29, 0.717) is 23.4 Å². The molecule has 0 radical (unpaired) electrons. The zero-order valence-corrected chi connectivity index (χ0v) is 16.0. The van der Waals surface area contributed by atoms with Crippen molar-refractivity contribution in [1.29, 1.82) is 0 Å². The van der Waals surface area contributed by atoms with Crippen LogP contribution in [0.3, 0.4) is 0 Å². The summed E-state index contributed by atoms with van der Waals surface area (Å²) >= 11 is 8.13. The van der Waals surface area contributed by atoms with Crippen LogP contribution in [-0.4, -0.2) is 29.0 Å². The van der Waals surface area contributed by atoms with Crippen LogP contribution in [0.1, 0.15) is 51.1 Å². The summed E-state index contributed by atoms with van der Waals surface area (Å²) in [6.07, 6.45) is 5.85. The van der Waals surface area contributed by atoms with Gasteiger partial charge in [0.25, 0.3) is 11.8 Å². The van der Waals surface area contributed by atoms with Crippen molar-refractivity contribution in [2.24, 2.45) is 0 Å². The van der Waals surface area contributed by atoms with E-state index in [1.807, 2.05) is 6.07 Å². The largest absolute Gasteiger partial charge is 0.273 e. The third-order valence-electron chi connectivity index (χ3n) is 5.12. The van der Waals surface area contributed by atoms with Crippen molar-refractivity contribution in [3.05, 3.63) is 63.7 Å². The molecule has 0 bridgehead atoms. The first kappa shape index (κ1) is 17.6. The number of hydrogen-bond acceptors (Lipinski definition) is 3. The summed E-state index contributed by atoms with van der Waals surface area (Å²) in [4.78, 5) is 27.4. The van der Waals surface area contributed by atoms with Crippen molar-refractivity contribution in [2.45, 2.75) is 37.0 Å². The van der Waals surface area contributed by atoms with E-state index in [2.05, 4.69) is 6.07 Å². The number of fused-ring (bicyclic) bond motifs is 2. The standard InChI is InChI=1S/C21H20ClNO2S/c22-18-11-10-14-6-2-1-3-7-15(14)19(18)26-13-12-23-20(24)16-8-4-5-9-17(16)21(23)25/h4-5,8-11H,1-3,6-7,12-13H2. The Labute approximate surface area is 162 Å². The number of rotatable bonds is 4. The van der Waals surface area contributed by atoms with Crippen LogP contribution in [0.25, 0.3) is 0 Å². The van der Waals surface area contributed by atoms with E-state index >= 15 is 0 Å². The summed E-state index contributed by atoms with van der Waals surface area (Å²) in [6.45, 7) is 0.400. The van der Waals surface area contributed by atoms with Crippen LogP contribution >= 0.6 is 23.4 Å². The number of halogens is 1. The number of imide groups is 1. The fraction of sp³-hybridized carbons (Fsp3) is 0.333. The van der Waals surface area contributed by atoms with Crippen molar-refractivity contribution in [1.82, 2.24) is 4.90 Å². The minimum Gasteiger partial charge on any atom is -0.273 e. The van der Waals surface area contributed by atoms with Gasteiger partial charge in [-0.15, -0.1) is 11.8 Å². The molecule has 0 unspecified atom stereocenters. The zero-order chi connectivity index (χ0) is 18.1. The van der Waals surface area contributed by atoms with Crippen LogP contribution in [0.4, 0.5) is 0 Å². The molecular formula is C21H20ClNO2S. The van der Waals surface area contributed by atoms with E-state index in [1.165, 1.54) is 35.3 Å². The Morgan fingerprint density at radius 3 is 2.35 bits per heavy atom. The average molecular weight is 386 g/mol. The van der Waals surface area contributed by atoms with Gasteiger partial charge in [-0.2, -0.15) is 0 Å². The van der Waals surface area contributed by atoms with Crippen LogP contribution in [0.15, 0.2) is 41.3 Å². The van der Waals surface area contributed by atoms with E-state index < -0.39 is 0 Å². The van der Waals surface area contributed by atoms with Gasteiger partial charge in [-0.25, -0.2) is 0 Å². The first-order valence-electron chi connectivity index (χ1n) is 9.05. The van der Waals surface area contributed by atoms with Crippen LogP contribution in [0.2, 0.25) is 5.02 Å². The highest BCUT2D eigenvalue weighted by Gasteiger charge is 2.34. The van der Waals surface area contributed by atoms with Crippen molar-refractivity contribution >= 4 is 35.2 Å². The molecule has 134 valence electrons. The van der Waals surface area contributed by atoms with Gasteiger partial charge >= 0.3 is 0 Å². The minimum atomic E-state index is -0.191. The highest BCUT2D eigenvalue weighted by atomic mass is 35.5. The number of carbonyl (C=O) groups is 2. The van der Waals surface area contributed by atoms with E-state index in [9.17, 15) is 9.59 Å². The van der Waals surface area contributed by atoms with Gasteiger partial charge < -0.3 is 0 Å². The monoisotopic (exact) mass is 385 g/mol. The van der Waals surface area contributed by atoms with Gasteiger partial charge in [-0.3, -0.25) is 14.5 Å². The van der Waals surface area contributed by atoms with Gasteiger partial charge in [0.15, 0.2) is 0 Å². The number of aryl methyl sites for hydroxylation is 1. The number of nitrogens with zero attached hydrogens (tertiary/aromatic N) is 1. The lowest BCUT2D eigenvalue weighted by Crippen LogP contribution is -2.31. The quantitative estimate of drug-likeness (QED) is 0.422. The second-order valence-electron chi connectivity index (χ2n) is 6.73. The molecule has 0 fully saturated rings. The predicted octanol–water partition coefficient (Wildman–Crippen LogP) is 5.00. The summed E-state index contributed by atoms with van der Waals surface area (Å²) in [7, 11) is 0. The maximum atomic E-state index is 12.5. The topological polar surface area (TPSA) is 37.4 Å². The van der Waals surface area contributed by atoms with Crippen molar-refractivity contribution in [2.75, 3.05) is 12.3 Å². The Balaban J connectivity index is 1.48. The number of amides is 2. The first-order chi connectivity index (χ1) is 12.7. The molecule has 2 aromatic rings. The van der Waals surface area contributed by atoms with Gasteiger partial charge in [-0.1, -0.05) is 36.2 Å². The molecule has 1 heterocycles. The molecule has 2 aliphatic rings. The van der Waals surface area contributed by atoms with Gasteiger partial charge in [0.2, 0.25) is 0 Å². The Hall–Kier alpha value is -1.78. The molecule has 2 aromatic carbocycles. The SMILES string of the molecule is O=C1c2ccccc2C(=O)N1CCSc1c(Cl)ccc2c1CCCCC2. The lowest BCUT2D eigenvalue weighted by molar-refractivity contribution is 0.0664. The molecule has 0 spiro atoms. The molecule has 0 N–H and O–H groups in total. The van der Waals surface area contributed by atoms with Crippen LogP contribution < -0.4 is 0 Å². The lowest BCUT2D eigenvalue weighted by atomic mass is 10.0. The summed E-state index contributed by atoms with van der Waals surface area (Å²) in [5, 5.41) is 0.776. The van der Waals surface area contributed by atoms with Crippen molar-refractivity contribution in [3.8, 4) is 0 Å². The molecule has 0 saturated heterocycles. The highest BCUT2D eigenvalue weighted by molar-refractivity contribution is 7.99. The maximum absolute atomic E-state index is 12.5. The second kappa shape index (κ2) is 7.45. The van der Waals surface area contributed by atoms with E-state index in [1.54, 1.807) is 36.0 Å². The van der Waals surface area contributed by atoms with Gasteiger partial charge in [-0.05, 0) is 55.0 Å². The fourth-order valence-corrected chi connectivity index (χ4v) is 5.21. The number of hydrogen-bond donors (Lipinski definition) is 0. The molecule has 5 heteroatoms. The summed E-state index contributed by atoms with van der Waals surface area (Å²) in [6, 6.07) is 11.2. The Bertz CT molecular complexity index is 845. The summed E-state index contributed by atoms with van der Waals surface area (Å²) in [5.41, 5.74) is 3.78. The summed E-state index contributed by atoms with van der Waals surface area (Å²) in [5.74, 6) is 0.273. The van der Waals surface area contributed by atoms with Gasteiger partial charge in [0.1, 0.15) is 0 Å². The molecule has 3 nitrogen and oxygen atoms in total. The van der Waals surface area contributed by atoms with E-state index in [0.717, 1.165) is 22.8 Å². The molecule has 4 rings (SSSR count). The predicted molar refractivity (Wildman–Crippen MR) is 105 cm³/mol. The van der Waals surface area contributed by atoms with Gasteiger partial charge in [0, 0.05) is 17.2 Å². The Morgan fingerprint density at radius 2 is 1.62 bits per heavy atom. The molecule has 26 heavy (non-hydrogen) atoms. The molecule has 0 aromatic heterocycles. The smallest absolute Gasteiger partial charge is 0.261 e. The number of benzene rings is 2. The maximum Gasteiger partial charge on any atom is 0.261 e. The second-order valence-corrected chi connectivity index (χ2v) is 8.24. The van der Waals surface area contributed by atoms with Crippen LogP contribution in [0, 0.1) is 0 Å². The number of carbonyl (C=O) groups excluding carboxylic acids is 2. The first-order valence-corrected chi connectivity index (χ1v) is 10.4. The minimum absolute atomic E-state index is 0.191. The third-order valence-corrected chi connectivity index (χ3v) is 6.69. The van der Waals surface area contributed by atoms with Crippen molar-refractivity contribution < 1.29 is 9.59 Å². The molecular weight excluding hydrogens is 366 g/mol. The Morgan fingerprint density at radius 1 is 0.923 bits per heavy atom. The van der Waals surface area contributed by atoms with E-state index in [-0.39, 0.29) is 11.8 Å².